The Hall–Kier alpha value is -0.610. The number of nitrogens with one attached hydrogen (secondary N) is 2. The molecule has 0 aromatic rings. The summed E-state index contributed by atoms with van der Waals surface area (Å²) in [5, 5.41) is 15.2. The zero-order chi connectivity index (χ0) is 11.3. The van der Waals surface area contributed by atoms with Crippen molar-refractivity contribution >= 4 is 5.91 Å². The molecule has 0 spiro atoms. The largest absolute Gasteiger partial charge is 0.395 e. The van der Waals surface area contributed by atoms with Gasteiger partial charge in [0.1, 0.15) is 0 Å². The normalized spacial score (nSPS) is 17.9. The number of carbonyl (C=O) groups excluding carboxylic acids is 1. The number of hydrogen-bond donors (Lipinski definition) is 3. The molecule has 4 nitrogen and oxygen atoms in total. The average Bonchev–Trinajstić information content (AvgIpc) is 2.95. The monoisotopic (exact) mass is 214 g/mol. The standard InChI is InChI=1S/C11H22N2O2/c1-8(2)10(7-14)12-6-5-11(15)13-9-3-4-9/h8-10,12,14H,3-7H2,1-2H3,(H,13,15). The molecule has 0 aromatic carbocycles. The lowest BCUT2D eigenvalue weighted by Gasteiger charge is -2.19. The van der Waals surface area contributed by atoms with Crippen molar-refractivity contribution in [1.82, 2.24) is 10.6 Å². The fourth-order valence-electron chi connectivity index (χ4n) is 1.41. The summed E-state index contributed by atoms with van der Waals surface area (Å²) in [6.45, 7) is 4.88. The van der Waals surface area contributed by atoms with Crippen LogP contribution in [0.1, 0.15) is 33.1 Å². The summed E-state index contributed by atoms with van der Waals surface area (Å²) in [5.74, 6) is 0.506. The maximum absolute atomic E-state index is 11.3. The molecular weight excluding hydrogens is 192 g/mol. The van der Waals surface area contributed by atoms with Crippen LogP contribution in [0.3, 0.4) is 0 Å². The molecule has 0 radical (unpaired) electrons. The van der Waals surface area contributed by atoms with Gasteiger partial charge in [0, 0.05) is 25.0 Å². The molecule has 1 unspecified atom stereocenters. The Morgan fingerprint density at radius 3 is 2.60 bits per heavy atom. The molecule has 0 aromatic heterocycles. The quantitative estimate of drug-likeness (QED) is 0.570. The first-order chi connectivity index (χ1) is 7.13. The molecule has 3 N–H and O–H groups in total. The molecule has 1 saturated carbocycles. The van der Waals surface area contributed by atoms with Crippen LogP contribution in [0.15, 0.2) is 0 Å². The van der Waals surface area contributed by atoms with Crippen molar-refractivity contribution in [2.75, 3.05) is 13.2 Å². The molecule has 0 heterocycles. The smallest absolute Gasteiger partial charge is 0.221 e. The van der Waals surface area contributed by atoms with Crippen LogP contribution in [-0.2, 0) is 4.79 Å². The Labute approximate surface area is 91.4 Å². The van der Waals surface area contributed by atoms with E-state index in [0.717, 1.165) is 12.8 Å². The second-order valence-corrected chi connectivity index (χ2v) is 4.58. The van der Waals surface area contributed by atoms with Gasteiger partial charge in [0.05, 0.1) is 6.61 Å². The third-order valence-corrected chi connectivity index (χ3v) is 2.70. The van der Waals surface area contributed by atoms with Gasteiger partial charge in [-0.25, -0.2) is 0 Å². The lowest BCUT2D eigenvalue weighted by molar-refractivity contribution is -0.121. The van der Waals surface area contributed by atoms with Gasteiger partial charge in [0.15, 0.2) is 0 Å². The van der Waals surface area contributed by atoms with Crippen LogP contribution in [0, 0.1) is 5.92 Å². The van der Waals surface area contributed by atoms with Crippen LogP contribution in [0.5, 0.6) is 0 Å². The molecule has 0 bridgehead atoms. The third-order valence-electron chi connectivity index (χ3n) is 2.70. The molecule has 1 aliphatic carbocycles. The van der Waals surface area contributed by atoms with E-state index in [-0.39, 0.29) is 18.6 Å². The van der Waals surface area contributed by atoms with E-state index in [0.29, 0.717) is 24.9 Å². The molecule has 0 aliphatic heterocycles. The minimum atomic E-state index is 0.0960. The molecule has 1 fully saturated rings. The Balaban J connectivity index is 2.05. The summed E-state index contributed by atoms with van der Waals surface area (Å²) in [4.78, 5) is 11.3. The number of aliphatic hydroxyl groups is 1. The van der Waals surface area contributed by atoms with E-state index in [2.05, 4.69) is 24.5 Å². The highest BCUT2D eigenvalue weighted by atomic mass is 16.3. The highest BCUT2D eigenvalue weighted by Crippen LogP contribution is 2.18. The van der Waals surface area contributed by atoms with Crippen LogP contribution in [0.4, 0.5) is 0 Å². The molecule has 88 valence electrons. The Bertz CT molecular complexity index is 203. The Morgan fingerprint density at radius 2 is 2.13 bits per heavy atom. The molecule has 1 atom stereocenters. The fraction of sp³-hybridized carbons (Fsp3) is 0.909. The van der Waals surface area contributed by atoms with Gasteiger partial charge in [-0.2, -0.15) is 0 Å². The number of hydrogen-bond acceptors (Lipinski definition) is 3. The van der Waals surface area contributed by atoms with E-state index in [1.54, 1.807) is 0 Å². The van der Waals surface area contributed by atoms with Crippen LogP contribution < -0.4 is 10.6 Å². The second-order valence-electron chi connectivity index (χ2n) is 4.58. The van der Waals surface area contributed by atoms with Gasteiger partial charge in [-0.1, -0.05) is 13.8 Å². The van der Waals surface area contributed by atoms with Gasteiger partial charge in [0.2, 0.25) is 5.91 Å². The fourth-order valence-corrected chi connectivity index (χ4v) is 1.41. The highest BCUT2D eigenvalue weighted by molar-refractivity contribution is 5.76. The predicted molar refractivity (Wildman–Crippen MR) is 59.5 cm³/mol. The van der Waals surface area contributed by atoms with Gasteiger partial charge in [-0.05, 0) is 18.8 Å². The Kier molecular flexibility index (Phi) is 5.05. The minimum absolute atomic E-state index is 0.0960. The van der Waals surface area contributed by atoms with Crippen molar-refractivity contribution in [3.8, 4) is 0 Å². The molecule has 1 amide bonds. The second kappa shape index (κ2) is 6.08. The first-order valence-electron chi connectivity index (χ1n) is 5.77. The summed E-state index contributed by atoms with van der Waals surface area (Å²) in [7, 11) is 0. The maximum Gasteiger partial charge on any atom is 0.221 e. The third kappa shape index (κ3) is 5.14. The maximum atomic E-state index is 11.3. The van der Waals surface area contributed by atoms with E-state index < -0.39 is 0 Å². The summed E-state index contributed by atoms with van der Waals surface area (Å²) < 4.78 is 0. The van der Waals surface area contributed by atoms with Crippen LogP contribution in [0.2, 0.25) is 0 Å². The summed E-state index contributed by atoms with van der Waals surface area (Å²) in [6, 6.07) is 0.537. The zero-order valence-electron chi connectivity index (χ0n) is 9.62. The van der Waals surface area contributed by atoms with Crippen molar-refractivity contribution in [1.29, 1.82) is 0 Å². The predicted octanol–water partition coefficient (Wildman–Crippen LogP) is 0.262. The molecule has 15 heavy (non-hydrogen) atoms. The molecule has 4 heteroatoms. The number of carbonyl (C=O) groups is 1. The first kappa shape index (κ1) is 12.5. The SMILES string of the molecule is CC(C)C(CO)NCCC(=O)NC1CC1. The van der Waals surface area contributed by atoms with Gasteiger partial charge in [-0.3, -0.25) is 4.79 Å². The van der Waals surface area contributed by atoms with Crippen LogP contribution in [0.25, 0.3) is 0 Å². The van der Waals surface area contributed by atoms with Crippen molar-refractivity contribution in [3.63, 3.8) is 0 Å². The van der Waals surface area contributed by atoms with Crippen molar-refractivity contribution in [3.05, 3.63) is 0 Å². The van der Waals surface area contributed by atoms with Crippen molar-refractivity contribution in [2.24, 2.45) is 5.92 Å². The minimum Gasteiger partial charge on any atom is -0.395 e. The lowest BCUT2D eigenvalue weighted by atomic mass is 10.1. The topological polar surface area (TPSA) is 61.4 Å². The van der Waals surface area contributed by atoms with E-state index in [4.69, 9.17) is 5.11 Å². The van der Waals surface area contributed by atoms with Gasteiger partial charge >= 0.3 is 0 Å². The van der Waals surface area contributed by atoms with E-state index in [1.807, 2.05) is 0 Å². The van der Waals surface area contributed by atoms with E-state index >= 15 is 0 Å². The number of rotatable bonds is 7. The average molecular weight is 214 g/mol. The van der Waals surface area contributed by atoms with Crippen LogP contribution in [-0.4, -0.2) is 36.2 Å². The number of amides is 1. The Morgan fingerprint density at radius 1 is 1.47 bits per heavy atom. The van der Waals surface area contributed by atoms with Gasteiger partial charge in [0.25, 0.3) is 0 Å². The van der Waals surface area contributed by atoms with Crippen molar-refractivity contribution < 1.29 is 9.90 Å². The first-order valence-corrected chi connectivity index (χ1v) is 5.77. The van der Waals surface area contributed by atoms with E-state index in [1.165, 1.54) is 0 Å². The zero-order valence-corrected chi connectivity index (χ0v) is 9.62. The van der Waals surface area contributed by atoms with Gasteiger partial charge < -0.3 is 15.7 Å². The van der Waals surface area contributed by atoms with Crippen LogP contribution >= 0.6 is 0 Å². The molecule has 0 saturated heterocycles. The van der Waals surface area contributed by atoms with E-state index in [9.17, 15) is 4.79 Å². The molecular formula is C11H22N2O2. The molecule has 1 rings (SSSR count). The number of aliphatic hydroxyl groups excluding tert-OH is 1. The van der Waals surface area contributed by atoms with Crippen molar-refractivity contribution in [2.45, 2.75) is 45.2 Å². The summed E-state index contributed by atoms with van der Waals surface area (Å²) >= 11 is 0. The lowest BCUT2D eigenvalue weighted by Crippen LogP contribution is -2.39. The molecule has 1 aliphatic rings. The summed E-state index contributed by atoms with van der Waals surface area (Å²) in [6.07, 6.45) is 2.76. The summed E-state index contributed by atoms with van der Waals surface area (Å²) in [5.41, 5.74) is 0. The van der Waals surface area contributed by atoms with Gasteiger partial charge in [-0.15, -0.1) is 0 Å². The highest BCUT2D eigenvalue weighted by Gasteiger charge is 2.22.